The second kappa shape index (κ2) is 12.5. The molecule has 2 aromatic carbocycles. The minimum absolute atomic E-state index is 0.381. The third-order valence-corrected chi connectivity index (χ3v) is 6.80. The molecule has 11 heteroatoms. The van der Waals surface area contributed by atoms with Gasteiger partial charge in [-0.25, -0.2) is 9.50 Å². The van der Waals surface area contributed by atoms with Crippen molar-refractivity contribution in [3.63, 3.8) is 0 Å². The van der Waals surface area contributed by atoms with Crippen molar-refractivity contribution in [2.24, 2.45) is 0 Å². The summed E-state index contributed by atoms with van der Waals surface area (Å²) >= 11 is 5.97. The smallest absolute Gasteiger partial charge is 0.386 e. The maximum absolute atomic E-state index is 12.8. The molecule has 1 aliphatic rings. The molecule has 7 nitrogen and oxygen atoms in total. The summed E-state index contributed by atoms with van der Waals surface area (Å²) in [5.74, 6) is 0. The number of piperidine rings is 1. The highest BCUT2D eigenvalue weighted by atomic mass is 35.5. The van der Waals surface area contributed by atoms with E-state index in [2.05, 4.69) is 32.5 Å². The molecule has 0 saturated carbocycles. The summed E-state index contributed by atoms with van der Waals surface area (Å²) in [6.45, 7) is 4.75. The van der Waals surface area contributed by atoms with Gasteiger partial charge in [0.05, 0.1) is 23.1 Å². The summed E-state index contributed by atoms with van der Waals surface area (Å²) in [6.07, 6.45) is 1.86. The van der Waals surface area contributed by atoms with Crippen LogP contribution in [0.25, 0.3) is 16.8 Å². The molecular weight excluding hydrogens is 529 g/mol. The predicted octanol–water partition coefficient (Wildman–Crippen LogP) is 6.19. The molecule has 3 heterocycles. The molecule has 0 spiro atoms. The van der Waals surface area contributed by atoms with Crippen LogP contribution in [-0.4, -0.2) is 53.6 Å². The van der Waals surface area contributed by atoms with Gasteiger partial charge in [-0.2, -0.15) is 18.3 Å². The monoisotopic (exact) mass is 558 g/mol. The summed E-state index contributed by atoms with van der Waals surface area (Å²) in [7, 11) is 1.66. The Bertz CT molecular complexity index is 1420. The van der Waals surface area contributed by atoms with E-state index in [-0.39, 0.29) is 0 Å². The van der Waals surface area contributed by atoms with Crippen LogP contribution in [0.2, 0.25) is 5.02 Å². The van der Waals surface area contributed by atoms with Gasteiger partial charge in [0.25, 0.3) is 0 Å². The molecule has 4 aromatic rings. The first-order chi connectivity index (χ1) is 18.7. The fraction of sp³-hybridized carbons (Fsp3) is 0.321. The first-order valence-electron chi connectivity index (χ1n) is 12.7. The van der Waals surface area contributed by atoms with Crippen molar-refractivity contribution in [3.8, 4) is 11.1 Å². The van der Waals surface area contributed by atoms with Crippen molar-refractivity contribution in [2.45, 2.75) is 32.0 Å². The van der Waals surface area contributed by atoms with E-state index in [1.165, 1.54) is 6.07 Å². The van der Waals surface area contributed by atoms with E-state index in [1.54, 1.807) is 42.2 Å². The van der Waals surface area contributed by atoms with Crippen LogP contribution in [0.1, 0.15) is 35.8 Å². The van der Waals surface area contributed by atoms with Gasteiger partial charge >= 0.3 is 6.18 Å². The van der Waals surface area contributed by atoms with Crippen LogP contribution in [0.4, 0.5) is 24.5 Å². The summed E-state index contributed by atoms with van der Waals surface area (Å²) in [6, 6.07) is 13.5. The summed E-state index contributed by atoms with van der Waals surface area (Å²) in [4.78, 5) is 17.2. The third-order valence-electron chi connectivity index (χ3n) is 6.57. The van der Waals surface area contributed by atoms with Gasteiger partial charge < -0.3 is 15.5 Å². The molecule has 5 rings (SSSR count). The quantitative estimate of drug-likeness (QED) is 0.275. The average molecular weight is 559 g/mol. The van der Waals surface area contributed by atoms with Gasteiger partial charge in [-0.3, -0.25) is 4.79 Å². The topological polar surface area (TPSA) is 74.6 Å². The highest BCUT2D eigenvalue weighted by molar-refractivity contribution is 6.30. The molecule has 1 aliphatic heterocycles. The van der Waals surface area contributed by atoms with E-state index >= 15 is 0 Å². The number of halogens is 4. The number of nitrogens with one attached hydrogen (secondary N) is 2. The van der Waals surface area contributed by atoms with E-state index in [1.807, 2.05) is 18.2 Å². The summed E-state index contributed by atoms with van der Waals surface area (Å²) < 4.78 is 39.9. The molecule has 0 radical (unpaired) electrons. The predicted molar refractivity (Wildman–Crippen MR) is 149 cm³/mol. The second-order valence-corrected chi connectivity index (χ2v) is 9.54. The van der Waals surface area contributed by atoms with E-state index in [0.29, 0.717) is 28.1 Å². The van der Waals surface area contributed by atoms with Crippen molar-refractivity contribution < 1.29 is 18.0 Å². The molecule has 2 N–H and O–H groups in total. The summed E-state index contributed by atoms with van der Waals surface area (Å²) in [5, 5.41) is 11.2. The molecule has 1 saturated heterocycles. The Hall–Kier alpha value is -3.63. The minimum atomic E-state index is -4.30. The molecule has 0 unspecified atom stereocenters. The van der Waals surface area contributed by atoms with Gasteiger partial charge in [-0.05, 0) is 61.3 Å². The Morgan fingerprint density at radius 3 is 2.54 bits per heavy atom. The molecule has 0 bridgehead atoms. The molecule has 39 heavy (non-hydrogen) atoms. The lowest BCUT2D eigenvalue weighted by molar-refractivity contribution is -0.137. The molecule has 2 aromatic heterocycles. The number of carbonyl (C=O) groups excluding carboxylic acids is 1. The van der Waals surface area contributed by atoms with Crippen LogP contribution in [0, 0.1) is 0 Å². The van der Waals surface area contributed by atoms with Gasteiger partial charge in [0.2, 0.25) is 0 Å². The van der Waals surface area contributed by atoms with Crippen LogP contribution < -0.4 is 15.5 Å². The number of fused-ring (bicyclic) bond motifs is 1. The Labute approximate surface area is 230 Å². The van der Waals surface area contributed by atoms with Gasteiger partial charge in [-0.15, -0.1) is 0 Å². The zero-order chi connectivity index (χ0) is 28.0. The maximum atomic E-state index is 12.8. The zero-order valence-corrected chi connectivity index (χ0v) is 22.4. The number of aromatic nitrogens is 3. The normalized spacial score (nSPS) is 14.2. The van der Waals surface area contributed by atoms with Crippen LogP contribution >= 0.6 is 11.6 Å². The zero-order valence-electron chi connectivity index (χ0n) is 21.7. The molecule has 206 valence electrons. The number of anilines is 2. The molecule has 0 aliphatic carbocycles. The number of alkyl halides is 3. The highest BCUT2D eigenvalue weighted by Crippen LogP contribution is 2.36. The van der Waals surface area contributed by atoms with Gasteiger partial charge in [0.1, 0.15) is 5.69 Å². The Balaban J connectivity index is 0.000000183. The average Bonchev–Trinajstić information content (AvgIpc) is 3.36. The SMILES string of the molecule is CCNC1CCN(c2ccc(C(F)(F)F)cc2NC)CC1.O=Cc1ccn2ncc(-c3cccc(Cl)c3)c2n1. The van der Waals surface area contributed by atoms with E-state index in [0.717, 1.165) is 61.6 Å². The van der Waals surface area contributed by atoms with Crippen molar-refractivity contribution in [1.82, 2.24) is 19.9 Å². The van der Waals surface area contributed by atoms with E-state index in [4.69, 9.17) is 11.6 Å². The molecule has 0 atom stereocenters. The number of aldehydes is 1. The van der Waals surface area contributed by atoms with E-state index < -0.39 is 11.7 Å². The van der Waals surface area contributed by atoms with Gasteiger partial charge in [0, 0.05) is 43.0 Å². The van der Waals surface area contributed by atoms with Gasteiger partial charge in [-0.1, -0.05) is 30.7 Å². The number of hydrogen-bond donors (Lipinski definition) is 2. The highest BCUT2D eigenvalue weighted by Gasteiger charge is 2.31. The summed E-state index contributed by atoms with van der Waals surface area (Å²) in [5.41, 5.74) is 3.56. The van der Waals surface area contributed by atoms with E-state index in [9.17, 15) is 18.0 Å². The Morgan fingerprint density at radius 1 is 1.13 bits per heavy atom. The lowest BCUT2D eigenvalue weighted by Crippen LogP contribution is -2.42. The number of carbonyl (C=O) groups is 1. The van der Waals surface area contributed by atoms with Crippen molar-refractivity contribution in [1.29, 1.82) is 0 Å². The van der Waals surface area contributed by atoms with Crippen LogP contribution in [0.5, 0.6) is 0 Å². The first-order valence-corrected chi connectivity index (χ1v) is 13.0. The van der Waals surface area contributed by atoms with Crippen molar-refractivity contribution >= 4 is 34.9 Å². The number of rotatable bonds is 6. The molecular formula is C28H30ClF3N6O. The Morgan fingerprint density at radius 2 is 1.90 bits per heavy atom. The number of benzene rings is 2. The lowest BCUT2D eigenvalue weighted by Gasteiger charge is -2.35. The number of hydrogen-bond acceptors (Lipinski definition) is 6. The van der Waals surface area contributed by atoms with Crippen molar-refractivity contribution in [2.75, 3.05) is 36.9 Å². The maximum Gasteiger partial charge on any atom is 0.416 e. The number of nitrogens with zero attached hydrogens (tertiary/aromatic N) is 4. The minimum Gasteiger partial charge on any atom is -0.386 e. The molecule has 0 amide bonds. The third kappa shape index (κ3) is 6.88. The lowest BCUT2D eigenvalue weighted by atomic mass is 10.0. The second-order valence-electron chi connectivity index (χ2n) is 9.11. The van der Waals surface area contributed by atoms with Crippen LogP contribution in [0.3, 0.4) is 0 Å². The fourth-order valence-corrected chi connectivity index (χ4v) is 4.80. The first kappa shape index (κ1) is 28.4. The fourth-order valence-electron chi connectivity index (χ4n) is 4.61. The Kier molecular flexibility index (Phi) is 9.08. The molecule has 1 fully saturated rings. The van der Waals surface area contributed by atoms with Gasteiger partial charge in [0.15, 0.2) is 11.9 Å². The van der Waals surface area contributed by atoms with Crippen molar-refractivity contribution in [3.05, 3.63) is 77.2 Å². The largest absolute Gasteiger partial charge is 0.416 e. The van der Waals surface area contributed by atoms with Crippen LogP contribution in [-0.2, 0) is 6.18 Å². The standard InChI is InChI=1S/C15H22F3N3.C13H8ClN3O/c1-3-20-12-6-8-21(9-7-12)14-5-4-11(15(16,17)18)10-13(14)19-2;14-10-3-1-2-9(6-10)12-7-15-17-5-4-11(8-18)16-13(12)17/h4-5,10,12,19-20H,3,6-9H2,1-2H3;1-8H. The van der Waals surface area contributed by atoms with Crippen LogP contribution in [0.15, 0.2) is 60.9 Å².